The number of hydrogen-bond acceptors (Lipinski definition) is 3. The predicted octanol–water partition coefficient (Wildman–Crippen LogP) is 4.14. The number of nitrogens with one attached hydrogen (secondary N) is 1. The van der Waals surface area contributed by atoms with Gasteiger partial charge < -0.3 is 5.32 Å². The fraction of sp³-hybridized carbons (Fsp3) is 0.308. The molecule has 2 nitrogen and oxygen atoms in total. The van der Waals surface area contributed by atoms with Crippen LogP contribution in [-0.2, 0) is 0 Å². The SMILES string of the molecule is Fc1ccc(Br)c(-c2nc([C@@H]3CCCN3)cs2)c1. The van der Waals surface area contributed by atoms with Gasteiger partial charge in [0.2, 0.25) is 0 Å². The molecule has 1 N–H and O–H groups in total. The van der Waals surface area contributed by atoms with E-state index in [9.17, 15) is 4.39 Å². The number of halogens is 2. The Bertz CT molecular complexity index is 564. The number of aromatic nitrogens is 1. The molecule has 1 aliphatic heterocycles. The van der Waals surface area contributed by atoms with Crippen LogP contribution in [0.4, 0.5) is 4.39 Å². The lowest BCUT2D eigenvalue weighted by atomic mass is 10.2. The lowest BCUT2D eigenvalue weighted by Gasteiger charge is -2.05. The Morgan fingerprint density at radius 3 is 3.11 bits per heavy atom. The molecule has 0 bridgehead atoms. The van der Waals surface area contributed by atoms with E-state index in [0.717, 1.165) is 33.7 Å². The summed E-state index contributed by atoms with van der Waals surface area (Å²) in [6.45, 7) is 1.06. The van der Waals surface area contributed by atoms with E-state index in [1.54, 1.807) is 17.4 Å². The third kappa shape index (κ3) is 2.35. The van der Waals surface area contributed by atoms with Crippen molar-refractivity contribution in [3.8, 4) is 10.6 Å². The first-order chi connectivity index (χ1) is 8.74. The zero-order valence-electron chi connectivity index (χ0n) is 9.62. The zero-order chi connectivity index (χ0) is 12.5. The van der Waals surface area contributed by atoms with Crippen LogP contribution in [0.1, 0.15) is 24.6 Å². The molecule has 0 unspecified atom stereocenters. The van der Waals surface area contributed by atoms with Crippen molar-refractivity contribution in [3.05, 3.63) is 39.6 Å². The van der Waals surface area contributed by atoms with E-state index in [1.165, 1.54) is 18.6 Å². The second-order valence-electron chi connectivity index (χ2n) is 4.35. The van der Waals surface area contributed by atoms with Gasteiger partial charge in [-0.3, -0.25) is 0 Å². The van der Waals surface area contributed by atoms with Gasteiger partial charge in [-0.2, -0.15) is 0 Å². The molecule has 5 heteroatoms. The lowest BCUT2D eigenvalue weighted by Crippen LogP contribution is -2.12. The maximum Gasteiger partial charge on any atom is 0.124 e. The molecular weight excluding hydrogens is 315 g/mol. The predicted molar refractivity (Wildman–Crippen MR) is 75.2 cm³/mol. The van der Waals surface area contributed by atoms with Gasteiger partial charge in [-0.25, -0.2) is 9.37 Å². The average molecular weight is 327 g/mol. The van der Waals surface area contributed by atoms with Crippen molar-refractivity contribution >= 4 is 27.3 Å². The van der Waals surface area contributed by atoms with Gasteiger partial charge in [0.05, 0.1) is 11.7 Å². The molecule has 1 aromatic heterocycles. The third-order valence-electron chi connectivity index (χ3n) is 3.10. The summed E-state index contributed by atoms with van der Waals surface area (Å²) >= 11 is 5.01. The highest BCUT2D eigenvalue weighted by Gasteiger charge is 2.19. The van der Waals surface area contributed by atoms with Gasteiger partial charge >= 0.3 is 0 Å². The highest BCUT2D eigenvalue weighted by molar-refractivity contribution is 9.10. The molecule has 1 aromatic carbocycles. The molecule has 1 atom stereocenters. The summed E-state index contributed by atoms with van der Waals surface area (Å²) in [5.74, 6) is -0.232. The highest BCUT2D eigenvalue weighted by Crippen LogP contribution is 2.33. The van der Waals surface area contributed by atoms with E-state index < -0.39 is 0 Å². The second-order valence-corrected chi connectivity index (χ2v) is 6.06. The van der Waals surface area contributed by atoms with Crippen LogP contribution >= 0.6 is 27.3 Å². The standard InChI is InChI=1S/C13H12BrFN2S/c14-10-4-3-8(15)6-9(10)13-17-12(7-18-13)11-2-1-5-16-11/h3-4,6-7,11,16H,1-2,5H2/t11-/m0/s1. The van der Waals surface area contributed by atoms with E-state index in [-0.39, 0.29) is 5.82 Å². The average Bonchev–Trinajstić information content (AvgIpc) is 3.00. The van der Waals surface area contributed by atoms with Crippen molar-refractivity contribution in [2.24, 2.45) is 0 Å². The first-order valence-corrected chi connectivity index (χ1v) is 7.55. The summed E-state index contributed by atoms with van der Waals surface area (Å²) in [4.78, 5) is 4.62. The maximum atomic E-state index is 13.3. The Hall–Kier alpha value is -0.780. The van der Waals surface area contributed by atoms with Gasteiger partial charge in [0.15, 0.2) is 0 Å². The van der Waals surface area contributed by atoms with Gasteiger partial charge in [0.25, 0.3) is 0 Å². The summed E-state index contributed by atoms with van der Waals surface area (Å²) in [5.41, 5.74) is 1.90. The molecule has 0 spiro atoms. The molecule has 2 aromatic rings. The van der Waals surface area contributed by atoms with Crippen LogP contribution in [0, 0.1) is 5.82 Å². The molecule has 3 rings (SSSR count). The van der Waals surface area contributed by atoms with Crippen LogP contribution in [0.5, 0.6) is 0 Å². The largest absolute Gasteiger partial charge is 0.309 e. The first-order valence-electron chi connectivity index (χ1n) is 5.88. The van der Waals surface area contributed by atoms with Gasteiger partial charge in [-0.05, 0) is 37.6 Å². The number of benzene rings is 1. The van der Waals surface area contributed by atoms with Gasteiger partial charge in [0, 0.05) is 15.4 Å². The van der Waals surface area contributed by atoms with Crippen molar-refractivity contribution in [3.63, 3.8) is 0 Å². The minimum Gasteiger partial charge on any atom is -0.309 e. The zero-order valence-corrected chi connectivity index (χ0v) is 12.0. The maximum absolute atomic E-state index is 13.3. The highest BCUT2D eigenvalue weighted by atomic mass is 79.9. The molecular formula is C13H12BrFN2S. The van der Waals surface area contributed by atoms with E-state index >= 15 is 0 Å². The van der Waals surface area contributed by atoms with E-state index in [4.69, 9.17) is 0 Å². The topological polar surface area (TPSA) is 24.9 Å². The van der Waals surface area contributed by atoms with Crippen molar-refractivity contribution in [1.29, 1.82) is 0 Å². The van der Waals surface area contributed by atoms with Crippen LogP contribution in [-0.4, -0.2) is 11.5 Å². The molecule has 2 heterocycles. The van der Waals surface area contributed by atoms with Crippen molar-refractivity contribution in [2.45, 2.75) is 18.9 Å². The number of thiazole rings is 1. The first kappa shape index (κ1) is 12.3. The van der Waals surface area contributed by atoms with Crippen LogP contribution in [0.15, 0.2) is 28.1 Å². The van der Waals surface area contributed by atoms with Crippen LogP contribution in [0.3, 0.4) is 0 Å². The number of rotatable bonds is 2. The lowest BCUT2D eigenvalue weighted by molar-refractivity contribution is 0.627. The fourth-order valence-electron chi connectivity index (χ4n) is 2.17. The molecule has 18 heavy (non-hydrogen) atoms. The molecule has 1 aliphatic rings. The van der Waals surface area contributed by atoms with Crippen LogP contribution in [0.2, 0.25) is 0 Å². The van der Waals surface area contributed by atoms with Gasteiger partial charge in [0.1, 0.15) is 10.8 Å². The quantitative estimate of drug-likeness (QED) is 0.897. The minimum atomic E-state index is -0.232. The Labute approximate surface area is 117 Å². The van der Waals surface area contributed by atoms with E-state index in [2.05, 4.69) is 31.6 Å². The molecule has 0 saturated carbocycles. The summed E-state index contributed by atoms with van der Waals surface area (Å²) in [6.07, 6.45) is 2.33. The Morgan fingerprint density at radius 2 is 2.33 bits per heavy atom. The van der Waals surface area contributed by atoms with Crippen molar-refractivity contribution < 1.29 is 4.39 Å². The van der Waals surface area contributed by atoms with E-state index in [0.29, 0.717) is 6.04 Å². The molecule has 1 fully saturated rings. The Balaban J connectivity index is 1.94. The van der Waals surface area contributed by atoms with Crippen molar-refractivity contribution in [1.82, 2.24) is 10.3 Å². The fourth-order valence-corrected chi connectivity index (χ4v) is 3.64. The Kier molecular flexibility index (Phi) is 3.46. The molecule has 0 radical (unpaired) electrons. The molecule has 1 saturated heterocycles. The number of hydrogen-bond donors (Lipinski definition) is 1. The van der Waals surface area contributed by atoms with Gasteiger partial charge in [-0.1, -0.05) is 15.9 Å². The molecule has 0 aliphatic carbocycles. The summed E-state index contributed by atoms with van der Waals surface area (Å²) in [5, 5.41) is 6.35. The summed E-state index contributed by atoms with van der Waals surface area (Å²) in [6, 6.07) is 5.05. The second kappa shape index (κ2) is 5.07. The third-order valence-corrected chi connectivity index (χ3v) is 4.68. The molecule has 94 valence electrons. The Morgan fingerprint density at radius 1 is 1.44 bits per heavy atom. The van der Waals surface area contributed by atoms with Crippen LogP contribution in [0.25, 0.3) is 10.6 Å². The van der Waals surface area contributed by atoms with Crippen molar-refractivity contribution in [2.75, 3.05) is 6.54 Å². The minimum absolute atomic E-state index is 0.232. The molecule has 0 amide bonds. The van der Waals surface area contributed by atoms with Crippen LogP contribution < -0.4 is 5.32 Å². The summed E-state index contributed by atoms with van der Waals surface area (Å²) in [7, 11) is 0. The normalized spacial score (nSPS) is 19.3. The summed E-state index contributed by atoms with van der Waals surface area (Å²) < 4.78 is 14.2. The van der Waals surface area contributed by atoms with Gasteiger partial charge in [-0.15, -0.1) is 11.3 Å². The monoisotopic (exact) mass is 326 g/mol. The van der Waals surface area contributed by atoms with E-state index in [1.807, 2.05) is 0 Å². The smallest absolute Gasteiger partial charge is 0.124 e. The number of nitrogens with zero attached hydrogens (tertiary/aromatic N) is 1.